The van der Waals surface area contributed by atoms with Crippen LogP contribution in [0.2, 0.25) is 0 Å². The Hall–Kier alpha value is -2.66. The Kier molecular flexibility index (Phi) is 6.85. The van der Waals surface area contributed by atoms with Crippen LogP contribution in [0.25, 0.3) is 0 Å². The standard InChI is InChI=1S/C20H21F4N3O3S/c21-17-4-1-2-5-18(17)25-31(29,30)16-8-6-15(7-9-16)19(28)27-11-3-10-26(12-13-27)14-20(22,23)24/h1-2,4-9,25H,3,10-14H2. The lowest BCUT2D eigenvalue weighted by atomic mass is 10.2. The molecule has 0 radical (unpaired) electrons. The molecule has 0 aliphatic carbocycles. The summed E-state index contributed by atoms with van der Waals surface area (Å²) in [4.78, 5) is 15.3. The van der Waals surface area contributed by atoms with E-state index >= 15 is 0 Å². The number of amides is 1. The van der Waals surface area contributed by atoms with Gasteiger partial charge in [-0.05, 0) is 42.8 Å². The van der Waals surface area contributed by atoms with E-state index in [1.807, 2.05) is 0 Å². The highest BCUT2D eigenvalue weighted by Crippen LogP contribution is 2.21. The number of para-hydroxylation sites is 1. The summed E-state index contributed by atoms with van der Waals surface area (Å²) in [5.41, 5.74) is 0.0183. The molecule has 1 aliphatic heterocycles. The molecule has 3 rings (SSSR count). The second-order valence-electron chi connectivity index (χ2n) is 7.15. The minimum absolute atomic E-state index is 0.101. The van der Waals surface area contributed by atoms with Gasteiger partial charge in [0.2, 0.25) is 0 Å². The van der Waals surface area contributed by atoms with Crippen molar-refractivity contribution in [1.82, 2.24) is 9.80 Å². The minimum atomic E-state index is -4.29. The van der Waals surface area contributed by atoms with Gasteiger partial charge in [-0.15, -0.1) is 0 Å². The van der Waals surface area contributed by atoms with Crippen molar-refractivity contribution in [3.8, 4) is 0 Å². The number of nitrogens with zero attached hydrogens (tertiary/aromatic N) is 2. The zero-order valence-corrected chi connectivity index (χ0v) is 17.2. The maximum atomic E-state index is 13.7. The Labute approximate surface area is 177 Å². The number of sulfonamides is 1. The van der Waals surface area contributed by atoms with E-state index < -0.39 is 28.6 Å². The molecule has 1 heterocycles. The average Bonchev–Trinajstić information content (AvgIpc) is 2.93. The molecule has 0 saturated carbocycles. The van der Waals surface area contributed by atoms with E-state index in [1.165, 1.54) is 52.3 Å². The van der Waals surface area contributed by atoms with E-state index in [4.69, 9.17) is 0 Å². The normalized spacial score (nSPS) is 16.1. The highest BCUT2D eigenvalue weighted by molar-refractivity contribution is 7.92. The molecule has 31 heavy (non-hydrogen) atoms. The quantitative estimate of drug-likeness (QED) is 0.697. The highest BCUT2D eigenvalue weighted by atomic mass is 32.2. The second-order valence-corrected chi connectivity index (χ2v) is 8.83. The fourth-order valence-electron chi connectivity index (χ4n) is 3.29. The number of hydrogen-bond donors (Lipinski definition) is 1. The Morgan fingerprint density at radius 1 is 0.968 bits per heavy atom. The van der Waals surface area contributed by atoms with Gasteiger partial charge in [0.15, 0.2) is 0 Å². The minimum Gasteiger partial charge on any atom is -0.337 e. The number of carbonyl (C=O) groups is 1. The fourth-order valence-corrected chi connectivity index (χ4v) is 4.36. The molecule has 1 N–H and O–H groups in total. The summed E-state index contributed by atoms with van der Waals surface area (Å²) in [5.74, 6) is -1.11. The first-order chi connectivity index (χ1) is 14.5. The largest absolute Gasteiger partial charge is 0.401 e. The van der Waals surface area contributed by atoms with Gasteiger partial charge < -0.3 is 4.90 Å². The van der Waals surface area contributed by atoms with Crippen LogP contribution in [0.15, 0.2) is 53.4 Å². The molecule has 0 bridgehead atoms. The summed E-state index contributed by atoms with van der Waals surface area (Å²) >= 11 is 0. The lowest BCUT2D eigenvalue weighted by Gasteiger charge is -2.23. The van der Waals surface area contributed by atoms with E-state index in [-0.39, 0.29) is 41.7 Å². The van der Waals surface area contributed by atoms with Gasteiger partial charge in [-0.2, -0.15) is 13.2 Å². The van der Waals surface area contributed by atoms with Gasteiger partial charge in [0.1, 0.15) is 5.82 Å². The summed E-state index contributed by atoms with van der Waals surface area (Å²) < 4.78 is 78.6. The van der Waals surface area contributed by atoms with Crippen LogP contribution in [-0.2, 0) is 10.0 Å². The molecule has 11 heteroatoms. The van der Waals surface area contributed by atoms with Crippen LogP contribution in [0.1, 0.15) is 16.8 Å². The number of rotatable bonds is 5. The van der Waals surface area contributed by atoms with Crippen LogP contribution in [-0.4, -0.2) is 63.0 Å². The second kappa shape index (κ2) is 9.23. The van der Waals surface area contributed by atoms with Crippen LogP contribution in [0.3, 0.4) is 0 Å². The zero-order chi connectivity index (χ0) is 22.6. The van der Waals surface area contributed by atoms with Crippen molar-refractivity contribution in [2.75, 3.05) is 37.4 Å². The third-order valence-electron chi connectivity index (χ3n) is 4.81. The topological polar surface area (TPSA) is 69.7 Å². The summed E-state index contributed by atoms with van der Waals surface area (Å²) in [6.45, 7) is -0.227. The number of benzene rings is 2. The molecule has 0 unspecified atom stereocenters. The van der Waals surface area contributed by atoms with Crippen molar-refractivity contribution < 1.29 is 30.8 Å². The smallest absolute Gasteiger partial charge is 0.337 e. The molecule has 1 saturated heterocycles. The maximum absolute atomic E-state index is 13.7. The van der Waals surface area contributed by atoms with E-state index in [1.54, 1.807) is 0 Å². The van der Waals surface area contributed by atoms with Crippen LogP contribution in [0.4, 0.5) is 23.2 Å². The van der Waals surface area contributed by atoms with E-state index in [9.17, 15) is 30.8 Å². The molecule has 2 aromatic rings. The Morgan fingerprint density at radius 3 is 2.29 bits per heavy atom. The Bertz CT molecular complexity index is 1030. The molecular formula is C20H21F4N3O3S. The molecule has 0 aromatic heterocycles. The molecule has 168 valence electrons. The SMILES string of the molecule is O=C(c1ccc(S(=O)(=O)Nc2ccccc2F)cc1)N1CCCN(CC(F)(F)F)CC1. The number of hydrogen-bond acceptors (Lipinski definition) is 4. The predicted octanol–water partition coefficient (Wildman–Crippen LogP) is 3.34. The van der Waals surface area contributed by atoms with E-state index in [2.05, 4.69) is 4.72 Å². The third kappa shape index (κ3) is 6.17. The lowest BCUT2D eigenvalue weighted by Crippen LogP contribution is -2.38. The van der Waals surface area contributed by atoms with Crippen molar-refractivity contribution >= 4 is 21.6 Å². The van der Waals surface area contributed by atoms with Crippen molar-refractivity contribution in [2.24, 2.45) is 0 Å². The molecule has 6 nitrogen and oxygen atoms in total. The van der Waals surface area contributed by atoms with E-state index in [0.717, 1.165) is 6.07 Å². The van der Waals surface area contributed by atoms with Crippen molar-refractivity contribution in [3.63, 3.8) is 0 Å². The monoisotopic (exact) mass is 459 g/mol. The van der Waals surface area contributed by atoms with Gasteiger partial charge in [0, 0.05) is 31.7 Å². The summed E-state index contributed by atoms with van der Waals surface area (Å²) in [7, 11) is -4.06. The van der Waals surface area contributed by atoms with Crippen molar-refractivity contribution in [2.45, 2.75) is 17.5 Å². The zero-order valence-electron chi connectivity index (χ0n) is 16.4. The molecule has 0 spiro atoms. The molecule has 1 aliphatic rings. The lowest BCUT2D eigenvalue weighted by molar-refractivity contribution is -0.145. The van der Waals surface area contributed by atoms with Gasteiger partial charge in [-0.25, -0.2) is 12.8 Å². The third-order valence-corrected chi connectivity index (χ3v) is 6.19. The summed E-state index contributed by atoms with van der Waals surface area (Å²) in [6, 6.07) is 10.4. The van der Waals surface area contributed by atoms with Gasteiger partial charge in [-0.3, -0.25) is 14.4 Å². The fraction of sp³-hybridized carbons (Fsp3) is 0.350. The number of carbonyl (C=O) groups excluding carboxylic acids is 1. The van der Waals surface area contributed by atoms with Crippen LogP contribution in [0, 0.1) is 5.82 Å². The van der Waals surface area contributed by atoms with Gasteiger partial charge >= 0.3 is 6.18 Å². The maximum Gasteiger partial charge on any atom is 0.401 e. The number of halogens is 4. The van der Waals surface area contributed by atoms with E-state index in [0.29, 0.717) is 13.0 Å². The van der Waals surface area contributed by atoms with Crippen LogP contribution < -0.4 is 4.72 Å². The first-order valence-corrected chi connectivity index (χ1v) is 11.0. The van der Waals surface area contributed by atoms with Crippen LogP contribution >= 0.6 is 0 Å². The van der Waals surface area contributed by atoms with Gasteiger partial charge in [0.25, 0.3) is 15.9 Å². The van der Waals surface area contributed by atoms with Gasteiger partial charge in [0.05, 0.1) is 17.1 Å². The number of anilines is 1. The average molecular weight is 459 g/mol. The molecule has 1 amide bonds. The molecular weight excluding hydrogens is 438 g/mol. The molecule has 0 atom stereocenters. The predicted molar refractivity (Wildman–Crippen MR) is 107 cm³/mol. The first-order valence-electron chi connectivity index (χ1n) is 9.51. The number of alkyl halides is 3. The van der Waals surface area contributed by atoms with Crippen molar-refractivity contribution in [3.05, 3.63) is 59.9 Å². The molecule has 2 aromatic carbocycles. The Balaban J connectivity index is 1.67. The van der Waals surface area contributed by atoms with Crippen molar-refractivity contribution in [1.29, 1.82) is 0 Å². The first kappa shape index (κ1) is 23.0. The molecule has 1 fully saturated rings. The number of nitrogens with one attached hydrogen (secondary N) is 1. The van der Waals surface area contributed by atoms with Gasteiger partial charge in [-0.1, -0.05) is 12.1 Å². The van der Waals surface area contributed by atoms with Crippen LogP contribution in [0.5, 0.6) is 0 Å². The Morgan fingerprint density at radius 2 is 1.65 bits per heavy atom. The summed E-state index contributed by atoms with van der Waals surface area (Å²) in [6.07, 6.45) is -3.89. The highest BCUT2D eigenvalue weighted by Gasteiger charge is 2.32. The summed E-state index contributed by atoms with van der Waals surface area (Å²) in [5, 5.41) is 0.